The van der Waals surface area contributed by atoms with Crippen LogP contribution in [0.2, 0.25) is 0 Å². The number of hydrogen-bond acceptors (Lipinski definition) is 8. The lowest BCUT2D eigenvalue weighted by atomic mass is 9.89. The quantitative estimate of drug-likeness (QED) is 0.389. The molecule has 5 rings (SSSR count). The Morgan fingerprint density at radius 1 is 1.08 bits per heavy atom. The minimum Gasteiger partial charge on any atom is -0.495 e. The lowest BCUT2D eigenvalue weighted by Crippen LogP contribution is -2.39. The van der Waals surface area contributed by atoms with E-state index in [-0.39, 0.29) is 5.91 Å². The molecule has 186 valence electrons. The zero-order valence-corrected chi connectivity index (χ0v) is 20.3. The SMILES string of the molecule is COc1cc(C2CCN(CC(N)=O)CC2)ccc1Nc1ncc2ccc(-c3ncccc3OC)n2n1. The number of piperidine rings is 1. The number of primary amides is 1. The molecule has 3 N–H and O–H groups in total. The van der Waals surface area contributed by atoms with E-state index in [1.807, 2.05) is 30.3 Å². The van der Waals surface area contributed by atoms with Crippen LogP contribution in [-0.2, 0) is 4.79 Å². The number of ether oxygens (including phenoxy) is 2. The van der Waals surface area contributed by atoms with Gasteiger partial charge in [-0.25, -0.2) is 9.50 Å². The van der Waals surface area contributed by atoms with Crippen LogP contribution < -0.4 is 20.5 Å². The van der Waals surface area contributed by atoms with Crippen molar-refractivity contribution in [3.8, 4) is 22.9 Å². The Bertz CT molecular complexity index is 1380. The highest BCUT2D eigenvalue weighted by molar-refractivity contribution is 5.76. The minimum absolute atomic E-state index is 0.280. The molecule has 0 spiro atoms. The van der Waals surface area contributed by atoms with Gasteiger partial charge >= 0.3 is 0 Å². The van der Waals surface area contributed by atoms with Crippen LogP contribution in [0, 0.1) is 0 Å². The number of carbonyl (C=O) groups is 1. The van der Waals surface area contributed by atoms with Crippen LogP contribution in [0.4, 0.5) is 11.6 Å². The summed E-state index contributed by atoms with van der Waals surface area (Å²) in [5, 5.41) is 7.99. The summed E-state index contributed by atoms with van der Waals surface area (Å²) >= 11 is 0. The van der Waals surface area contributed by atoms with E-state index in [4.69, 9.17) is 20.3 Å². The summed E-state index contributed by atoms with van der Waals surface area (Å²) in [7, 11) is 3.28. The second kappa shape index (κ2) is 10.2. The number of likely N-dealkylation sites (tertiary alicyclic amines) is 1. The largest absolute Gasteiger partial charge is 0.495 e. The molecule has 1 aromatic carbocycles. The standard InChI is InChI=1S/C26H29N7O3/c1-35-22-4-3-11-28-25(22)21-8-6-19-15-29-26(31-33(19)21)30-20-7-5-18(14-23(20)36-2)17-9-12-32(13-10-17)16-24(27)34/h3-8,11,14-15,17H,9-10,12-13,16H2,1-2H3,(H2,27,34)(H,30,31). The van der Waals surface area contributed by atoms with E-state index in [1.165, 1.54) is 5.56 Å². The zero-order valence-electron chi connectivity index (χ0n) is 20.3. The molecule has 10 heteroatoms. The Morgan fingerprint density at radius 2 is 1.89 bits per heavy atom. The number of anilines is 2. The lowest BCUT2D eigenvalue weighted by Gasteiger charge is -2.31. The number of hydrogen-bond donors (Lipinski definition) is 2. The molecule has 1 saturated heterocycles. The Hall–Kier alpha value is -4.18. The molecule has 1 fully saturated rings. The van der Waals surface area contributed by atoms with Gasteiger partial charge in [-0.1, -0.05) is 6.07 Å². The van der Waals surface area contributed by atoms with Crippen molar-refractivity contribution in [3.05, 3.63) is 60.4 Å². The Kier molecular flexibility index (Phi) is 6.68. The van der Waals surface area contributed by atoms with Crippen LogP contribution in [-0.4, -0.2) is 64.2 Å². The van der Waals surface area contributed by atoms with Crippen molar-refractivity contribution in [1.29, 1.82) is 0 Å². The van der Waals surface area contributed by atoms with Crippen molar-refractivity contribution < 1.29 is 14.3 Å². The third-order valence-corrected chi connectivity index (χ3v) is 6.54. The highest BCUT2D eigenvalue weighted by Crippen LogP contribution is 2.35. The van der Waals surface area contributed by atoms with Crippen molar-refractivity contribution in [1.82, 2.24) is 24.5 Å². The molecule has 0 atom stereocenters. The molecule has 0 saturated carbocycles. The number of nitrogens with one attached hydrogen (secondary N) is 1. The van der Waals surface area contributed by atoms with E-state index in [0.29, 0.717) is 29.9 Å². The van der Waals surface area contributed by atoms with E-state index in [2.05, 4.69) is 32.3 Å². The molecule has 10 nitrogen and oxygen atoms in total. The van der Waals surface area contributed by atoms with Crippen molar-refractivity contribution in [2.24, 2.45) is 5.73 Å². The molecule has 4 heterocycles. The molecule has 0 aliphatic carbocycles. The van der Waals surface area contributed by atoms with Crippen LogP contribution >= 0.6 is 0 Å². The summed E-state index contributed by atoms with van der Waals surface area (Å²) < 4.78 is 13.0. The number of amides is 1. The highest BCUT2D eigenvalue weighted by atomic mass is 16.5. The first-order valence-electron chi connectivity index (χ1n) is 11.9. The van der Waals surface area contributed by atoms with E-state index in [9.17, 15) is 4.79 Å². The molecule has 36 heavy (non-hydrogen) atoms. The van der Waals surface area contributed by atoms with Crippen LogP contribution in [0.1, 0.15) is 24.3 Å². The number of carbonyl (C=O) groups excluding carboxylic acids is 1. The number of pyridine rings is 1. The summed E-state index contributed by atoms with van der Waals surface area (Å²) in [4.78, 5) is 22.3. The number of nitrogens with zero attached hydrogens (tertiary/aromatic N) is 5. The molecule has 0 radical (unpaired) electrons. The van der Waals surface area contributed by atoms with Gasteiger partial charge in [0.15, 0.2) is 0 Å². The fourth-order valence-electron chi connectivity index (χ4n) is 4.72. The molecule has 1 aliphatic rings. The van der Waals surface area contributed by atoms with Gasteiger partial charge in [0.1, 0.15) is 17.2 Å². The van der Waals surface area contributed by atoms with Crippen LogP contribution in [0.25, 0.3) is 16.9 Å². The smallest absolute Gasteiger partial charge is 0.245 e. The van der Waals surface area contributed by atoms with E-state index < -0.39 is 0 Å². The second-order valence-electron chi connectivity index (χ2n) is 8.79. The van der Waals surface area contributed by atoms with Crippen molar-refractivity contribution in [3.63, 3.8) is 0 Å². The molecule has 1 amide bonds. The predicted octanol–water partition coefficient (Wildman–Crippen LogP) is 3.22. The molecule has 4 aromatic rings. The second-order valence-corrected chi connectivity index (χ2v) is 8.79. The third-order valence-electron chi connectivity index (χ3n) is 6.54. The van der Waals surface area contributed by atoms with E-state index in [0.717, 1.165) is 48.6 Å². The number of fused-ring (bicyclic) bond motifs is 1. The first-order valence-corrected chi connectivity index (χ1v) is 11.9. The van der Waals surface area contributed by atoms with Gasteiger partial charge in [-0.2, -0.15) is 0 Å². The molecule has 0 bridgehead atoms. The van der Waals surface area contributed by atoms with Gasteiger partial charge in [0.2, 0.25) is 11.9 Å². The Morgan fingerprint density at radius 3 is 2.64 bits per heavy atom. The average molecular weight is 488 g/mol. The summed E-state index contributed by atoms with van der Waals surface area (Å²) in [5.74, 6) is 1.94. The number of nitrogens with two attached hydrogens (primary N) is 1. The van der Waals surface area contributed by atoms with Crippen molar-refractivity contribution in [2.45, 2.75) is 18.8 Å². The molecule has 0 unspecified atom stereocenters. The van der Waals surface area contributed by atoms with Gasteiger partial charge in [0.05, 0.1) is 43.9 Å². The summed E-state index contributed by atoms with van der Waals surface area (Å²) in [6.07, 6.45) is 5.42. The monoisotopic (exact) mass is 487 g/mol. The Labute approximate surface area is 209 Å². The van der Waals surface area contributed by atoms with Crippen LogP contribution in [0.5, 0.6) is 11.5 Å². The zero-order chi connectivity index (χ0) is 25.1. The summed E-state index contributed by atoms with van der Waals surface area (Å²) in [6.45, 7) is 2.02. The fourth-order valence-corrected chi connectivity index (χ4v) is 4.72. The molecular weight excluding hydrogens is 458 g/mol. The lowest BCUT2D eigenvalue weighted by molar-refractivity contribution is -0.119. The number of aromatic nitrogens is 4. The predicted molar refractivity (Wildman–Crippen MR) is 137 cm³/mol. The van der Waals surface area contributed by atoms with Gasteiger partial charge in [0, 0.05) is 6.20 Å². The first-order chi connectivity index (χ1) is 17.6. The molecular formula is C26H29N7O3. The average Bonchev–Trinajstić information content (AvgIpc) is 3.32. The maximum absolute atomic E-state index is 11.2. The van der Waals surface area contributed by atoms with Crippen LogP contribution in [0.3, 0.4) is 0 Å². The molecule has 1 aliphatic heterocycles. The Balaban J connectivity index is 1.37. The maximum Gasteiger partial charge on any atom is 0.245 e. The minimum atomic E-state index is -0.280. The topological polar surface area (TPSA) is 120 Å². The molecule has 3 aromatic heterocycles. The fraction of sp³-hybridized carbons (Fsp3) is 0.308. The van der Waals surface area contributed by atoms with Crippen molar-refractivity contribution >= 4 is 23.1 Å². The maximum atomic E-state index is 11.2. The van der Waals surface area contributed by atoms with Gasteiger partial charge in [-0.15, -0.1) is 5.10 Å². The van der Waals surface area contributed by atoms with Gasteiger partial charge in [0.25, 0.3) is 0 Å². The van der Waals surface area contributed by atoms with E-state index >= 15 is 0 Å². The summed E-state index contributed by atoms with van der Waals surface area (Å²) in [5.41, 5.74) is 9.67. The van der Waals surface area contributed by atoms with Gasteiger partial charge < -0.3 is 20.5 Å². The van der Waals surface area contributed by atoms with Crippen molar-refractivity contribution in [2.75, 3.05) is 39.2 Å². The van der Waals surface area contributed by atoms with E-state index in [1.54, 1.807) is 31.1 Å². The number of methoxy groups -OCH3 is 2. The summed E-state index contributed by atoms with van der Waals surface area (Å²) in [6, 6.07) is 13.8. The van der Waals surface area contributed by atoms with Crippen LogP contribution in [0.15, 0.2) is 54.9 Å². The third kappa shape index (κ3) is 4.80. The first kappa shape index (κ1) is 23.6. The van der Waals surface area contributed by atoms with Gasteiger partial charge in [-0.3, -0.25) is 14.7 Å². The van der Waals surface area contributed by atoms with Gasteiger partial charge in [-0.05, 0) is 73.8 Å². The number of rotatable bonds is 8. The normalized spacial score (nSPS) is 14.6. The highest BCUT2D eigenvalue weighted by Gasteiger charge is 2.22. The number of benzene rings is 1.